The third kappa shape index (κ3) is 4.87. The molecule has 0 unspecified atom stereocenters. The number of rotatable bonds is 5. The highest BCUT2D eigenvalue weighted by molar-refractivity contribution is 5.87. The van der Waals surface area contributed by atoms with Gasteiger partial charge in [-0.3, -0.25) is 9.59 Å². The van der Waals surface area contributed by atoms with Crippen molar-refractivity contribution in [2.45, 2.75) is 38.1 Å². The van der Waals surface area contributed by atoms with Gasteiger partial charge in [0.15, 0.2) is 0 Å². The summed E-state index contributed by atoms with van der Waals surface area (Å²) in [5.41, 5.74) is 0.646. The molecule has 124 valence electrons. The second-order valence-electron chi connectivity index (χ2n) is 5.77. The zero-order chi connectivity index (χ0) is 16.8. The molecule has 0 aromatic heterocycles. The molecule has 1 aliphatic carbocycles. The molecule has 1 N–H and O–H groups in total. The van der Waals surface area contributed by atoms with Crippen molar-refractivity contribution in [3.05, 3.63) is 35.6 Å². The van der Waals surface area contributed by atoms with Crippen molar-refractivity contribution in [1.29, 1.82) is 0 Å². The smallest absolute Gasteiger partial charge is 0.328 e. The minimum absolute atomic E-state index is 0.0362. The number of Topliss-reactive ketones (excluding diaryl/α,β-unsaturated/α-hetero) is 1. The fraction of sp³-hybridized carbons (Fsp3) is 0.471. The lowest BCUT2D eigenvalue weighted by Crippen LogP contribution is -2.48. The van der Waals surface area contributed by atoms with E-state index in [2.05, 4.69) is 5.32 Å². The van der Waals surface area contributed by atoms with Gasteiger partial charge in [-0.25, -0.2) is 9.18 Å². The second-order valence-corrected chi connectivity index (χ2v) is 5.77. The third-order valence-electron chi connectivity index (χ3n) is 4.04. The summed E-state index contributed by atoms with van der Waals surface area (Å²) >= 11 is 0. The summed E-state index contributed by atoms with van der Waals surface area (Å²) in [5, 5.41) is 2.66. The first-order chi connectivity index (χ1) is 11.0. The van der Waals surface area contributed by atoms with Crippen molar-refractivity contribution in [1.82, 2.24) is 5.32 Å². The molecule has 0 aliphatic heterocycles. The number of ether oxygens (including phenoxy) is 1. The SMILES string of the molecule is COC(=O)[C@H](NC(=O)Cc1ccc(F)cc1)[C@@H]1CCCC(=O)C1. The Balaban J connectivity index is 2.01. The van der Waals surface area contributed by atoms with Crippen molar-refractivity contribution >= 4 is 17.7 Å². The average Bonchev–Trinajstić information content (AvgIpc) is 2.54. The van der Waals surface area contributed by atoms with Crippen LogP contribution in [0.15, 0.2) is 24.3 Å². The van der Waals surface area contributed by atoms with E-state index in [1.165, 1.54) is 31.4 Å². The number of carbonyl (C=O) groups is 3. The lowest BCUT2D eigenvalue weighted by atomic mass is 9.83. The van der Waals surface area contributed by atoms with Crippen LogP contribution in [0.5, 0.6) is 0 Å². The molecular formula is C17H20FNO4. The lowest BCUT2D eigenvalue weighted by molar-refractivity contribution is -0.147. The number of carbonyl (C=O) groups excluding carboxylic acids is 3. The molecular weight excluding hydrogens is 301 g/mol. The van der Waals surface area contributed by atoms with Crippen LogP contribution in [-0.4, -0.2) is 30.8 Å². The van der Waals surface area contributed by atoms with Gasteiger partial charge >= 0.3 is 5.97 Å². The van der Waals surface area contributed by atoms with Gasteiger partial charge in [-0.05, 0) is 36.5 Å². The van der Waals surface area contributed by atoms with Gasteiger partial charge in [-0.1, -0.05) is 12.1 Å². The number of amides is 1. The van der Waals surface area contributed by atoms with Crippen LogP contribution in [0.1, 0.15) is 31.2 Å². The van der Waals surface area contributed by atoms with Gasteiger partial charge in [-0.15, -0.1) is 0 Å². The summed E-state index contributed by atoms with van der Waals surface area (Å²) in [6, 6.07) is 4.77. The van der Waals surface area contributed by atoms with E-state index in [1.807, 2.05) is 0 Å². The van der Waals surface area contributed by atoms with Crippen molar-refractivity contribution < 1.29 is 23.5 Å². The maximum atomic E-state index is 12.9. The van der Waals surface area contributed by atoms with E-state index >= 15 is 0 Å². The van der Waals surface area contributed by atoms with Crippen LogP contribution >= 0.6 is 0 Å². The first kappa shape index (κ1) is 17.1. The molecule has 0 bridgehead atoms. The van der Waals surface area contributed by atoms with Crippen molar-refractivity contribution in [3.8, 4) is 0 Å². The molecule has 2 rings (SSSR count). The fourth-order valence-corrected chi connectivity index (χ4v) is 2.85. The second kappa shape index (κ2) is 7.85. The topological polar surface area (TPSA) is 72.5 Å². The maximum Gasteiger partial charge on any atom is 0.328 e. The summed E-state index contributed by atoms with van der Waals surface area (Å²) in [4.78, 5) is 35.7. The Labute approximate surface area is 134 Å². The van der Waals surface area contributed by atoms with Crippen LogP contribution in [0, 0.1) is 11.7 Å². The van der Waals surface area contributed by atoms with Crippen LogP contribution in [0.3, 0.4) is 0 Å². The van der Waals surface area contributed by atoms with E-state index in [9.17, 15) is 18.8 Å². The highest BCUT2D eigenvalue weighted by Crippen LogP contribution is 2.25. The average molecular weight is 321 g/mol. The quantitative estimate of drug-likeness (QED) is 0.839. The predicted molar refractivity (Wildman–Crippen MR) is 81.0 cm³/mol. The van der Waals surface area contributed by atoms with Crippen molar-refractivity contribution in [2.75, 3.05) is 7.11 Å². The Morgan fingerprint density at radius 2 is 2.04 bits per heavy atom. The molecule has 2 atom stereocenters. The Kier molecular flexibility index (Phi) is 5.84. The maximum absolute atomic E-state index is 12.9. The molecule has 0 heterocycles. The van der Waals surface area contributed by atoms with Gasteiger partial charge < -0.3 is 10.1 Å². The first-order valence-electron chi connectivity index (χ1n) is 7.63. The molecule has 6 heteroatoms. The van der Waals surface area contributed by atoms with Crippen LogP contribution in [0.25, 0.3) is 0 Å². The van der Waals surface area contributed by atoms with Gasteiger partial charge in [-0.2, -0.15) is 0 Å². The number of benzene rings is 1. The molecule has 23 heavy (non-hydrogen) atoms. The van der Waals surface area contributed by atoms with Gasteiger partial charge in [0.05, 0.1) is 13.5 Å². The number of hydrogen-bond acceptors (Lipinski definition) is 4. The fourth-order valence-electron chi connectivity index (χ4n) is 2.85. The van der Waals surface area contributed by atoms with Crippen LogP contribution in [0.4, 0.5) is 4.39 Å². The molecule has 1 aromatic carbocycles. The number of esters is 1. The largest absolute Gasteiger partial charge is 0.467 e. The zero-order valence-electron chi connectivity index (χ0n) is 13.0. The highest BCUT2D eigenvalue weighted by atomic mass is 19.1. The Bertz CT molecular complexity index is 585. The Morgan fingerprint density at radius 3 is 2.65 bits per heavy atom. The van der Waals surface area contributed by atoms with E-state index in [4.69, 9.17) is 4.74 Å². The number of nitrogens with one attached hydrogen (secondary N) is 1. The van der Waals surface area contributed by atoms with Crippen LogP contribution in [-0.2, 0) is 25.5 Å². The van der Waals surface area contributed by atoms with Crippen molar-refractivity contribution in [2.24, 2.45) is 5.92 Å². The molecule has 0 saturated heterocycles. The van der Waals surface area contributed by atoms with E-state index < -0.39 is 12.0 Å². The van der Waals surface area contributed by atoms with Crippen molar-refractivity contribution in [3.63, 3.8) is 0 Å². The van der Waals surface area contributed by atoms with Crippen LogP contribution < -0.4 is 5.32 Å². The highest BCUT2D eigenvalue weighted by Gasteiger charge is 2.34. The normalized spacial score (nSPS) is 19.0. The van der Waals surface area contributed by atoms with E-state index in [1.54, 1.807) is 0 Å². The summed E-state index contributed by atoms with van der Waals surface area (Å²) < 4.78 is 17.6. The standard InChI is InChI=1S/C17H20FNO4/c1-23-17(22)16(12-3-2-4-14(20)10-12)19-15(21)9-11-5-7-13(18)8-6-11/h5-8,12,16H,2-4,9-10H2,1H3,(H,19,21)/t12-,16-/m1/s1. The van der Waals surface area contributed by atoms with Gasteiger partial charge in [0.2, 0.25) is 5.91 Å². The third-order valence-corrected chi connectivity index (χ3v) is 4.04. The zero-order valence-corrected chi connectivity index (χ0v) is 13.0. The van der Waals surface area contributed by atoms with E-state index in [0.717, 1.165) is 0 Å². The number of ketones is 1. The predicted octanol–water partition coefficient (Wildman–Crippen LogP) is 1.79. The molecule has 1 aliphatic rings. The molecule has 1 amide bonds. The Hall–Kier alpha value is -2.24. The summed E-state index contributed by atoms with van der Waals surface area (Å²) in [6.07, 6.45) is 2.24. The molecule has 1 fully saturated rings. The molecule has 1 aromatic rings. The molecule has 0 spiro atoms. The minimum atomic E-state index is -0.822. The van der Waals surface area contributed by atoms with E-state index in [0.29, 0.717) is 24.8 Å². The first-order valence-corrected chi connectivity index (χ1v) is 7.63. The molecule has 1 saturated carbocycles. The van der Waals surface area contributed by atoms with E-state index in [-0.39, 0.29) is 36.3 Å². The Morgan fingerprint density at radius 1 is 1.35 bits per heavy atom. The minimum Gasteiger partial charge on any atom is -0.467 e. The van der Waals surface area contributed by atoms with Gasteiger partial charge in [0.1, 0.15) is 17.6 Å². The number of hydrogen-bond donors (Lipinski definition) is 1. The number of methoxy groups -OCH3 is 1. The summed E-state index contributed by atoms with van der Waals surface area (Å²) in [7, 11) is 1.26. The number of halogens is 1. The van der Waals surface area contributed by atoms with Gasteiger partial charge in [0.25, 0.3) is 0 Å². The summed E-state index contributed by atoms with van der Waals surface area (Å²) in [6.45, 7) is 0. The molecule has 0 radical (unpaired) electrons. The lowest BCUT2D eigenvalue weighted by Gasteiger charge is -2.28. The summed E-state index contributed by atoms with van der Waals surface area (Å²) in [5.74, 6) is -1.41. The van der Waals surface area contributed by atoms with Crippen LogP contribution in [0.2, 0.25) is 0 Å². The monoisotopic (exact) mass is 321 g/mol. The van der Waals surface area contributed by atoms with Gasteiger partial charge in [0, 0.05) is 12.8 Å². The molecule has 5 nitrogen and oxygen atoms in total.